The second-order valence-corrected chi connectivity index (χ2v) is 15.1. The molecular formula is C37H40ClF2N7O3. The van der Waals surface area contributed by atoms with Gasteiger partial charge < -0.3 is 19.3 Å². The molecule has 7 rings (SSSR count). The minimum Gasteiger partial charge on any atom is -0.461 e. The van der Waals surface area contributed by atoms with Gasteiger partial charge in [0.05, 0.1) is 29.5 Å². The number of fused-ring (bicyclic) bond motifs is 3. The SMILES string of the molecule is CN(c1nc(OC[C@@]23CCCN2C[C@H](F)C3)nc2c(F)c(-c3cccc4cccc(Cl)c34)ncc12)[C@@H]1C[C@H](CC#N)N(C(=O)OC(C)(C)C)C1. The van der Waals surface area contributed by atoms with Crippen molar-refractivity contribution in [2.24, 2.45) is 0 Å². The topological polar surface area (TPSA) is 108 Å². The highest BCUT2D eigenvalue weighted by Gasteiger charge is 2.49. The normalized spacial score (nSPS) is 23.7. The summed E-state index contributed by atoms with van der Waals surface area (Å²) in [6.45, 7) is 6.98. The van der Waals surface area contributed by atoms with Crippen molar-refractivity contribution >= 4 is 45.2 Å². The molecule has 13 heteroatoms. The molecule has 3 saturated heterocycles. The van der Waals surface area contributed by atoms with Crippen molar-refractivity contribution in [2.75, 3.05) is 38.2 Å². The van der Waals surface area contributed by atoms with Crippen LogP contribution in [0.5, 0.6) is 6.01 Å². The predicted molar refractivity (Wildman–Crippen MR) is 188 cm³/mol. The summed E-state index contributed by atoms with van der Waals surface area (Å²) in [6.07, 6.45) is 2.80. The molecule has 3 fully saturated rings. The number of pyridine rings is 1. The molecule has 10 nitrogen and oxygen atoms in total. The number of nitriles is 1. The molecule has 0 aliphatic carbocycles. The van der Waals surface area contributed by atoms with Crippen LogP contribution in [0.15, 0.2) is 42.6 Å². The summed E-state index contributed by atoms with van der Waals surface area (Å²) < 4.78 is 43.4. The number of hydrogen-bond acceptors (Lipinski definition) is 9. The maximum absolute atomic E-state index is 16.9. The van der Waals surface area contributed by atoms with Gasteiger partial charge in [-0.2, -0.15) is 15.2 Å². The van der Waals surface area contributed by atoms with E-state index in [-0.39, 0.29) is 48.9 Å². The molecular weight excluding hydrogens is 664 g/mol. The lowest BCUT2D eigenvalue weighted by atomic mass is 9.95. The van der Waals surface area contributed by atoms with Gasteiger partial charge in [-0.1, -0.05) is 41.9 Å². The average molecular weight is 704 g/mol. The number of halogens is 3. The molecule has 50 heavy (non-hydrogen) atoms. The van der Waals surface area contributed by atoms with E-state index in [9.17, 15) is 14.4 Å². The lowest BCUT2D eigenvalue weighted by molar-refractivity contribution is 0.0228. The minimum absolute atomic E-state index is 0.0112. The van der Waals surface area contributed by atoms with Gasteiger partial charge in [0.1, 0.15) is 35.4 Å². The first-order valence-corrected chi connectivity index (χ1v) is 17.4. The summed E-state index contributed by atoms with van der Waals surface area (Å²) in [5, 5.41) is 11.9. The van der Waals surface area contributed by atoms with Gasteiger partial charge in [0.15, 0.2) is 5.82 Å². The molecule has 0 N–H and O–H groups in total. The van der Waals surface area contributed by atoms with Crippen LogP contribution in [0, 0.1) is 17.1 Å². The number of amides is 1. The van der Waals surface area contributed by atoms with Crippen molar-refractivity contribution in [2.45, 2.75) is 82.3 Å². The van der Waals surface area contributed by atoms with E-state index in [2.05, 4.69) is 20.9 Å². The Balaban J connectivity index is 1.30. The Labute approximate surface area is 294 Å². The van der Waals surface area contributed by atoms with Crippen molar-refractivity contribution in [3.63, 3.8) is 0 Å². The van der Waals surface area contributed by atoms with Crippen LogP contribution in [0.3, 0.4) is 0 Å². The Bertz CT molecular complexity index is 2000. The number of benzene rings is 2. The highest BCUT2D eigenvalue weighted by molar-refractivity contribution is 6.36. The number of carbonyl (C=O) groups is 1. The van der Waals surface area contributed by atoms with E-state index < -0.39 is 29.2 Å². The van der Waals surface area contributed by atoms with Gasteiger partial charge >= 0.3 is 12.1 Å². The maximum Gasteiger partial charge on any atom is 0.410 e. The third-order valence-electron chi connectivity index (χ3n) is 10.2. The molecule has 3 aliphatic heterocycles. The van der Waals surface area contributed by atoms with E-state index >= 15 is 4.39 Å². The average Bonchev–Trinajstić information content (AvgIpc) is 3.75. The van der Waals surface area contributed by atoms with E-state index in [4.69, 9.17) is 26.1 Å². The fourth-order valence-corrected chi connectivity index (χ4v) is 8.16. The van der Waals surface area contributed by atoms with E-state index in [1.54, 1.807) is 44.0 Å². The van der Waals surface area contributed by atoms with E-state index in [0.717, 1.165) is 24.8 Å². The number of carbonyl (C=O) groups excluding carboxylic acids is 1. The third kappa shape index (κ3) is 6.26. The second-order valence-electron chi connectivity index (χ2n) is 14.7. The summed E-state index contributed by atoms with van der Waals surface area (Å²) >= 11 is 6.62. The van der Waals surface area contributed by atoms with Crippen LogP contribution >= 0.6 is 11.6 Å². The Morgan fingerprint density at radius 1 is 1.20 bits per heavy atom. The standard InChI is InChI=1S/C37H40ClF2N7O3/c1-36(2,3)50-35(48)47-20-25(16-24(47)12-14-41)45(4)33-27-18-42-31(26-10-5-8-22-9-6-11-28(38)29(22)26)30(40)32(27)43-34(44-33)49-21-37-13-7-15-46(37)19-23(39)17-37/h5-6,8-11,18,23-25H,7,12-13,15-17,19-21H2,1-4H3/t23-,24+,25-,37+/m1/s1. The van der Waals surface area contributed by atoms with E-state index in [1.807, 2.05) is 36.2 Å². The lowest BCUT2D eigenvalue weighted by Crippen LogP contribution is -2.43. The van der Waals surface area contributed by atoms with Crippen LogP contribution in [-0.4, -0.2) is 93.5 Å². The lowest BCUT2D eigenvalue weighted by Gasteiger charge is -2.31. The number of ether oxygens (including phenoxy) is 2. The fourth-order valence-electron chi connectivity index (χ4n) is 7.87. The number of anilines is 1. The van der Waals surface area contributed by atoms with Crippen molar-refractivity contribution in [3.8, 4) is 23.3 Å². The first kappa shape index (κ1) is 34.1. The van der Waals surface area contributed by atoms with Crippen molar-refractivity contribution in [3.05, 3.63) is 53.4 Å². The van der Waals surface area contributed by atoms with Gasteiger partial charge in [0.2, 0.25) is 0 Å². The Kier molecular flexibility index (Phi) is 8.93. The zero-order valence-corrected chi connectivity index (χ0v) is 29.4. The van der Waals surface area contributed by atoms with Crippen molar-refractivity contribution in [1.82, 2.24) is 24.8 Å². The molecule has 0 bridgehead atoms. The van der Waals surface area contributed by atoms with Gasteiger partial charge in [-0.15, -0.1) is 0 Å². The molecule has 4 atom stereocenters. The molecule has 4 aromatic rings. The van der Waals surface area contributed by atoms with Gasteiger partial charge in [0.25, 0.3) is 0 Å². The van der Waals surface area contributed by atoms with Crippen LogP contribution in [-0.2, 0) is 4.74 Å². The number of hydrogen-bond donors (Lipinski definition) is 0. The quantitative estimate of drug-likeness (QED) is 0.196. The van der Waals surface area contributed by atoms with Gasteiger partial charge in [-0.05, 0) is 58.0 Å². The smallest absolute Gasteiger partial charge is 0.410 e. The van der Waals surface area contributed by atoms with Crippen LogP contribution in [0.2, 0.25) is 5.02 Å². The second kappa shape index (κ2) is 13.1. The molecule has 0 spiro atoms. The third-order valence-corrected chi connectivity index (χ3v) is 10.5. The molecule has 0 unspecified atom stereocenters. The van der Waals surface area contributed by atoms with E-state index in [0.29, 0.717) is 46.6 Å². The summed E-state index contributed by atoms with van der Waals surface area (Å²) in [5.74, 6) is -0.299. The van der Waals surface area contributed by atoms with Gasteiger partial charge in [-0.3, -0.25) is 9.88 Å². The maximum atomic E-state index is 16.9. The Hall–Kier alpha value is -4.34. The molecule has 2 aromatic carbocycles. The largest absolute Gasteiger partial charge is 0.461 e. The number of nitrogens with zero attached hydrogens (tertiary/aromatic N) is 7. The molecule has 0 saturated carbocycles. The molecule has 5 heterocycles. The molecule has 2 aromatic heterocycles. The fraction of sp³-hybridized carbons (Fsp3) is 0.486. The molecule has 3 aliphatic rings. The Morgan fingerprint density at radius 3 is 2.74 bits per heavy atom. The van der Waals surface area contributed by atoms with Crippen LogP contribution < -0.4 is 9.64 Å². The van der Waals surface area contributed by atoms with E-state index in [1.165, 1.54) is 0 Å². The summed E-state index contributed by atoms with van der Waals surface area (Å²) in [7, 11) is 1.82. The van der Waals surface area contributed by atoms with Crippen molar-refractivity contribution < 1.29 is 23.0 Å². The monoisotopic (exact) mass is 703 g/mol. The Morgan fingerprint density at radius 2 is 1.98 bits per heavy atom. The molecule has 0 radical (unpaired) electrons. The number of alkyl halides is 1. The first-order valence-electron chi connectivity index (χ1n) is 17.0. The number of likely N-dealkylation sites (N-methyl/N-ethyl adjacent to an activating group) is 1. The zero-order chi connectivity index (χ0) is 35.4. The van der Waals surface area contributed by atoms with Gasteiger partial charge in [-0.25, -0.2) is 13.6 Å². The van der Waals surface area contributed by atoms with Crippen LogP contribution in [0.25, 0.3) is 32.9 Å². The molecule has 1 amide bonds. The van der Waals surface area contributed by atoms with Crippen LogP contribution in [0.4, 0.5) is 19.4 Å². The number of rotatable bonds is 7. The van der Waals surface area contributed by atoms with Crippen LogP contribution in [0.1, 0.15) is 52.9 Å². The van der Waals surface area contributed by atoms with Crippen molar-refractivity contribution in [1.29, 1.82) is 5.26 Å². The number of likely N-dealkylation sites (tertiary alicyclic amines) is 1. The highest BCUT2D eigenvalue weighted by atomic mass is 35.5. The zero-order valence-electron chi connectivity index (χ0n) is 28.6. The summed E-state index contributed by atoms with van der Waals surface area (Å²) in [5.41, 5.74) is -0.561. The minimum atomic E-state index is -0.937. The number of aromatic nitrogens is 3. The van der Waals surface area contributed by atoms with Gasteiger partial charge in [0, 0.05) is 54.8 Å². The summed E-state index contributed by atoms with van der Waals surface area (Å²) in [4.78, 5) is 32.8. The molecule has 262 valence electrons. The summed E-state index contributed by atoms with van der Waals surface area (Å²) in [6, 6.07) is 12.5. The highest BCUT2D eigenvalue weighted by Crippen LogP contribution is 2.42. The first-order chi connectivity index (χ1) is 23.9. The predicted octanol–water partition coefficient (Wildman–Crippen LogP) is 7.32.